The van der Waals surface area contributed by atoms with Crippen LogP contribution in [-0.2, 0) is 4.79 Å². The molecule has 0 bridgehead atoms. The van der Waals surface area contributed by atoms with Crippen LogP contribution in [0.3, 0.4) is 0 Å². The van der Waals surface area contributed by atoms with Gasteiger partial charge in [-0.15, -0.1) is 0 Å². The van der Waals surface area contributed by atoms with E-state index in [9.17, 15) is 14.4 Å². The third-order valence-corrected chi connectivity index (χ3v) is 3.79. The van der Waals surface area contributed by atoms with Crippen molar-refractivity contribution < 1.29 is 9.18 Å². The lowest BCUT2D eigenvalue weighted by atomic mass is 9.97. The number of hydrogen-bond donors (Lipinski definition) is 0. The summed E-state index contributed by atoms with van der Waals surface area (Å²) in [4.78, 5) is 13.3. The van der Waals surface area contributed by atoms with Crippen LogP contribution in [0, 0.1) is 23.1 Å². The lowest BCUT2D eigenvalue weighted by Crippen LogP contribution is -2.23. The highest BCUT2D eigenvalue weighted by molar-refractivity contribution is 5.79. The molecule has 1 aliphatic heterocycles. The van der Waals surface area contributed by atoms with E-state index in [2.05, 4.69) is 11.2 Å². The number of nitrogens with zero attached hydrogens (tertiary/aromatic N) is 4. The molecule has 1 aromatic carbocycles. The van der Waals surface area contributed by atoms with Gasteiger partial charge in [0.05, 0.1) is 29.9 Å². The highest BCUT2D eigenvalue weighted by atomic mass is 19.1. The van der Waals surface area contributed by atoms with E-state index in [0.717, 1.165) is 11.3 Å². The molecule has 0 spiro atoms. The Morgan fingerprint density at radius 2 is 2.10 bits per heavy atom. The lowest BCUT2D eigenvalue weighted by Gasteiger charge is -2.20. The first-order chi connectivity index (χ1) is 10.1. The molecule has 1 aliphatic rings. The summed E-state index contributed by atoms with van der Waals surface area (Å²) in [6, 6.07) is 7.87. The number of carbonyl (C=O) groups is 1. The largest absolute Gasteiger partial charge is 0.337 e. The molecule has 3 rings (SSSR count). The summed E-state index contributed by atoms with van der Waals surface area (Å²) in [5.74, 6) is -0.716. The molecule has 1 aromatic heterocycles. The van der Waals surface area contributed by atoms with Crippen molar-refractivity contribution in [1.29, 1.82) is 5.26 Å². The number of benzene rings is 1. The third-order valence-electron chi connectivity index (χ3n) is 3.79. The van der Waals surface area contributed by atoms with Gasteiger partial charge in [-0.1, -0.05) is 0 Å². The summed E-state index contributed by atoms with van der Waals surface area (Å²) < 4.78 is 14.5. The maximum atomic E-state index is 12.9. The Labute approximate surface area is 121 Å². The first-order valence-corrected chi connectivity index (χ1v) is 6.56. The molecule has 0 radical (unpaired) electrons. The first-order valence-electron chi connectivity index (χ1n) is 6.56. The molecule has 6 heteroatoms. The van der Waals surface area contributed by atoms with Gasteiger partial charge < -0.3 is 4.90 Å². The summed E-state index contributed by atoms with van der Waals surface area (Å²) in [5, 5.41) is 13.4. The number of nitriles is 1. The Kier molecular flexibility index (Phi) is 3.18. The monoisotopic (exact) mass is 284 g/mol. The Hall–Kier alpha value is -2.68. The van der Waals surface area contributed by atoms with Crippen LogP contribution >= 0.6 is 0 Å². The quantitative estimate of drug-likeness (QED) is 0.848. The molecule has 2 atom stereocenters. The second-order valence-electron chi connectivity index (χ2n) is 5.08. The smallest absolute Gasteiger partial charge is 0.224 e. The maximum Gasteiger partial charge on any atom is 0.224 e. The van der Waals surface area contributed by atoms with Crippen LogP contribution in [0.5, 0.6) is 0 Å². The molecule has 1 amide bonds. The lowest BCUT2D eigenvalue weighted by molar-refractivity contribution is -0.127. The van der Waals surface area contributed by atoms with Gasteiger partial charge in [0.1, 0.15) is 5.82 Å². The van der Waals surface area contributed by atoms with E-state index in [1.54, 1.807) is 41.2 Å². The maximum absolute atomic E-state index is 12.9. The molecule has 1 fully saturated rings. The van der Waals surface area contributed by atoms with Crippen molar-refractivity contribution in [2.24, 2.45) is 5.92 Å². The summed E-state index contributed by atoms with van der Waals surface area (Å²) in [6.07, 6.45) is 3.66. The van der Waals surface area contributed by atoms with Gasteiger partial charge in [-0.2, -0.15) is 10.4 Å². The van der Waals surface area contributed by atoms with Gasteiger partial charge in [0.15, 0.2) is 0 Å². The average molecular weight is 284 g/mol. The number of carbonyl (C=O) groups excluding carboxylic acids is 1. The third kappa shape index (κ3) is 2.27. The zero-order valence-electron chi connectivity index (χ0n) is 11.4. The summed E-state index contributed by atoms with van der Waals surface area (Å²) in [6.45, 7) is 0. The Balaban J connectivity index is 1.93. The van der Waals surface area contributed by atoms with Crippen molar-refractivity contribution in [3.8, 4) is 11.8 Å². The van der Waals surface area contributed by atoms with Crippen LogP contribution in [-0.4, -0.2) is 27.6 Å². The van der Waals surface area contributed by atoms with Crippen molar-refractivity contribution >= 4 is 5.91 Å². The summed E-state index contributed by atoms with van der Waals surface area (Å²) in [7, 11) is 1.69. The molecule has 2 aromatic rings. The van der Waals surface area contributed by atoms with E-state index < -0.39 is 0 Å². The van der Waals surface area contributed by atoms with E-state index in [4.69, 9.17) is 0 Å². The SMILES string of the molecule is CN1C(=O)C[C@@H](C#N)[C@@H]1c1cnn(-c2ccc(F)cc2)c1. The number of aromatic nitrogens is 2. The van der Waals surface area contributed by atoms with Gasteiger partial charge in [0, 0.05) is 25.2 Å². The normalized spacial score (nSPS) is 21.6. The molecular weight excluding hydrogens is 271 g/mol. The number of likely N-dealkylation sites (tertiary alicyclic amines) is 1. The minimum atomic E-state index is -0.367. The van der Waals surface area contributed by atoms with Gasteiger partial charge in [-0.25, -0.2) is 9.07 Å². The minimum absolute atomic E-state index is 0.0407. The molecule has 0 aliphatic carbocycles. The van der Waals surface area contributed by atoms with Gasteiger partial charge in [0.2, 0.25) is 5.91 Å². The van der Waals surface area contributed by atoms with Crippen molar-refractivity contribution in [3.63, 3.8) is 0 Å². The molecule has 106 valence electrons. The van der Waals surface area contributed by atoms with E-state index in [1.807, 2.05) is 0 Å². The van der Waals surface area contributed by atoms with Gasteiger partial charge >= 0.3 is 0 Å². The summed E-state index contributed by atoms with van der Waals surface area (Å²) in [5.41, 5.74) is 1.53. The predicted octanol–water partition coefficient (Wildman–Crippen LogP) is 2.05. The van der Waals surface area contributed by atoms with Crippen molar-refractivity contribution in [1.82, 2.24) is 14.7 Å². The van der Waals surface area contributed by atoms with Gasteiger partial charge in [0.25, 0.3) is 0 Å². The van der Waals surface area contributed by atoms with E-state index in [0.29, 0.717) is 0 Å². The molecular formula is C15H13FN4O. The minimum Gasteiger partial charge on any atom is -0.337 e. The highest BCUT2D eigenvalue weighted by Crippen LogP contribution is 2.36. The highest BCUT2D eigenvalue weighted by Gasteiger charge is 2.39. The molecule has 0 saturated carbocycles. The number of hydrogen-bond acceptors (Lipinski definition) is 3. The van der Waals surface area contributed by atoms with Gasteiger partial charge in [-0.3, -0.25) is 4.79 Å². The zero-order chi connectivity index (χ0) is 15.0. The first kappa shape index (κ1) is 13.3. The Bertz CT molecular complexity index is 716. The number of amides is 1. The molecule has 5 nitrogen and oxygen atoms in total. The second kappa shape index (κ2) is 5.02. The number of halogens is 1. The van der Waals surface area contributed by atoms with Crippen LogP contribution < -0.4 is 0 Å². The Morgan fingerprint density at radius 1 is 1.38 bits per heavy atom. The zero-order valence-corrected chi connectivity index (χ0v) is 11.4. The molecule has 2 heterocycles. The van der Waals surface area contributed by atoms with E-state index in [-0.39, 0.29) is 30.1 Å². The van der Waals surface area contributed by atoms with Crippen LogP contribution in [0.4, 0.5) is 4.39 Å². The fourth-order valence-electron chi connectivity index (χ4n) is 2.67. The van der Waals surface area contributed by atoms with Crippen LogP contribution in [0.2, 0.25) is 0 Å². The predicted molar refractivity (Wildman–Crippen MR) is 72.8 cm³/mol. The van der Waals surface area contributed by atoms with Crippen molar-refractivity contribution in [3.05, 3.63) is 48.0 Å². The topological polar surface area (TPSA) is 61.9 Å². The van der Waals surface area contributed by atoms with Crippen molar-refractivity contribution in [2.75, 3.05) is 7.05 Å². The van der Waals surface area contributed by atoms with Crippen LogP contribution in [0.15, 0.2) is 36.7 Å². The van der Waals surface area contributed by atoms with E-state index in [1.165, 1.54) is 12.1 Å². The standard InChI is InChI=1S/C15H13FN4O/c1-19-14(21)6-10(7-17)15(19)11-8-18-20(9-11)13-4-2-12(16)3-5-13/h2-5,8-10,15H,6H2,1H3/t10-,15+/m0/s1. The molecule has 21 heavy (non-hydrogen) atoms. The Morgan fingerprint density at radius 3 is 2.76 bits per heavy atom. The van der Waals surface area contributed by atoms with Crippen molar-refractivity contribution in [2.45, 2.75) is 12.5 Å². The second-order valence-corrected chi connectivity index (χ2v) is 5.08. The van der Waals surface area contributed by atoms with Crippen LogP contribution in [0.1, 0.15) is 18.0 Å². The number of rotatable bonds is 2. The summed E-state index contributed by atoms with van der Waals surface area (Å²) >= 11 is 0. The average Bonchev–Trinajstić information content (AvgIpc) is 3.05. The fraction of sp³-hybridized carbons (Fsp3) is 0.267. The molecule has 1 saturated heterocycles. The fourth-order valence-corrected chi connectivity index (χ4v) is 2.67. The molecule has 0 N–H and O–H groups in total. The van der Waals surface area contributed by atoms with Gasteiger partial charge in [-0.05, 0) is 24.3 Å². The van der Waals surface area contributed by atoms with Crippen LogP contribution in [0.25, 0.3) is 5.69 Å². The van der Waals surface area contributed by atoms with E-state index >= 15 is 0 Å². The molecule has 0 unspecified atom stereocenters.